The largest absolute Gasteiger partial charge is 0.452 e. The maximum absolute atomic E-state index is 12.5. The number of thiazole rings is 1. The first kappa shape index (κ1) is 18.4. The van der Waals surface area contributed by atoms with Gasteiger partial charge in [-0.25, -0.2) is 9.78 Å². The average molecular weight is 397 g/mol. The predicted octanol–water partition coefficient (Wildman–Crippen LogP) is 2.55. The Kier molecular flexibility index (Phi) is 5.21. The number of nitrogens with one attached hydrogen (secondary N) is 1. The van der Waals surface area contributed by atoms with E-state index < -0.39 is 11.5 Å². The van der Waals surface area contributed by atoms with Crippen molar-refractivity contribution in [3.05, 3.63) is 63.5 Å². The van der Waals surface area contributed by atoms with Crippen molar-refractivity contribution < 1.29 is 14.3 Å². The van der Waals surface area contributed by atoms with E-state index in [1.807, 2.05) is 24.3 Å². The number of ether oxygens (including phenoxy) is 1. The third-order valence-corrected chi connectivity index (χ3v) is 6.00. The summed E-state index contributed by atoms with van der Waals surface area (Å²) in [6.07, 6.45) is 3.28. The summed E-state index contributed by atoms with van der Waals surface area (Å²) in [7, 11) is 0. The van der Waals surface area contributed by atoms with Gasteiger partial charge in [0.05, 0.1) is 15.2 Å². The molecule has 144 valence electrons. The molecule has 1 fully saturated rings. The summed E-state index contributed by atoms with van der Waals surface area (Å²) in [5.41, 5.74) is 0.336. The molecule has 28 heavy (non-hydrogen) atoms. The summed E-state index contributed by atoms with van der Waals surface area (Å²) < 4.78 is 6.19. The zero-order valence-corrected chi connectivity index (χ0v) is 15.9. The lowest BCUT2D eigenvalue weighted by Crippen LogP contribution is -2.41. The highest BCUT2D eigenvalue weighted by molar-refractivity contribution is 7.18. The standard InChI is InChI=1S/C20H19N3O4S/c24-17(12-27-20(26)14-6-3-9-21-18(14)25)23-10-4-5-13(11-23)19-22-15-7-1-2-8-16(15)28-19/h1-3,6-9,13H,4-5,10-12H2,(H,21,25)/t13-/m0/s1. The molecule has 1 aliphatic rings. The van der Waals surface area contributed by atoms with Crippen LogP contribution in [-0.2, 0) is 9.53 Å². The van der Waals surface area contributed by atoms with E-state index in [-0.39, 0.29) is 24.0 Å². The summed E-state index contributed by atoms with van der Waals surface area (Å²) in [5.74, 6) is -0.871. The predicted molar refractivity (Wildman–Crippen MR) is 106 cm³/mol. The molecule has 1 saturated heterocycles. The van der Waals surface area contributed by atoms with Gasteiger partial charge in [0.1, 0.15) is 5.56 Å². The summed E-state index contributed by atoms with van der Waals surface area (Å²) in [4.78, 5) is 45.0. The van der Waals surface area contributed by atoms with Gasteiger partial charge in [0.25, 0.3) is 11.5 Å². The molecule has 1 aliphatic heterocycles. The van der Waals surface area contributed by atoms with E-state index in [1.165, 1.54) is 18.3 Å². The third-order valence-electron chi connectivity index (χ3n) is 4.80. The third kappa shape index (κ3) is 3.82. The van der Waals surface area contributed by atoms with E-state index in [2.05, 4.69) is 4.98 Å². The Balaban J connectivity index is 1.38. The fourth-order valence-corrected chi connectivity index (χ4v) is 4.44. The molecule has 3 aromatic rings. The second-order valence-corrected chi connectivity index (χ2v) is 7.75. The van der Waals surface area contributed by atoms with Gasteiger partial charge in [0.15, 0.2) is 6.61 Å². The Bertz CT molecular complexity index is 1040. The molecular formula is C20H19N3O4S. The minimum atomic E-state index is -0.796. The van der Waals surface area contributed by atoms with Gasteiger partial charge >= 0.3 is 5.97 Å². The monoisotopic (exact) mass is 397 g/mol. The molecule has 0 saturated carbocycles. The first-order valence-electron chi connectivity index (χ1n) is 9.10. The lowest BCUT2D eigenvalue weighted by Gasteiger charge is -2.31. The molecule has 0 unspecified atom stereocenters. The highest BCUT2D eigenvalue weighted by atomic mass is 32.1. The van der Waals surface area contributed by atoms with Crippen LogP contribution in [0.4, 0.5) is 0 Å². The molecule has 1 amide bonds. The van der Waals surface area contributed by atoms with Gasteiger partial charge in [-0.15, -0.1) is 11.3 Å². The number of nitrogens with zero attached hydrogens (tertiary/aromatic N) is 2. The second-order valence-electron chi connectivity index (χ2n) is 6.69. The lowest BCUT2D eigenvalue weighted by molar-refractivity contribution is -0.135. The van der Waals surface area contributed by atoms with Crippen LogP contribution < -0.4 is 5.56 Å². The number of likely N-dealkylation sites (tertiary alicyclic amines) is 1. The number of piperidine rings is 1. The molecule has 0 spiro atoms. The van der Waals surface area contributed by atoms with Gasteiger partial charge in [-0.1, -0.05) is 12.1 Å². The van der Waals surface area contributed by atoms with Crippen molar-refractivity contribution in [1.82, 2.24) is 14.9 Å². The van der Waals surface area contributed by atoms with Crippen LogP contribution in [0.15, 0.2) is 47.4 Å². The Morgan fingerprint density at radius 2 is 2.11 bits per heavy atom. The minimum Gasteiger partial charge on any atom is -0.452 e. The zero-order chi connectivity index (χ0) is 19.5. The maximum atomic E-state index is 12.5. The van der Waals surface area contributed by atoms with Gasteiger partial charge in [0.2, 0.25) is 0 Å². The van der Waals surface area contributed by atoms with Crippen LogP contribution in [0.5, 0.6) is 0 Å². The topological polar surface area (TPSA) is 92.4 Å². The lowest BCUT2D eigenvalue weighted by atomic mass is 9.99. The van der Waals surface area contributed by atoms with Gasteiger partial charge in [-0.2, -0.15) is 0 Å². The summed E-state index contributed by atoms with van der Waals surface area (Å²) in [5, 5.41) is 1.03. The van der Waals surface area contributed by atoms with E-state index in [1.54, 1.807) is 16.2 Å². The number of carbonyl (C=O) groups excluding carboxylic acids is 2. The van der Waals surface area contributed by atoms with Crippen LogP contribution in [0, 0.1) is 0 Å². The maximum Gasteiger partial charge on any atom is 0.344 e. The van der Waals surface area contributed by atoms with Gasteiger partial charge in [-0.05, 0) is 37.1 Å². The van der Waals surface area contributed by atoms with Crippen molar-refractivity contribution in [2.24, 2.45) is 0 Å². The summed E-state index contributed by atoms with van der Waals surface area (Å²) in [6, 6.07) is 10.9. The molecule has 0 aliphatic carbocycles. The van der Waals surface area contributed by atoms with Crippen molar-refractivity contribution in [2.45, 2.75) is 18.8 Å². The molecule has 7 nitrogen and oxygen atoms in total. The van der Waals surface area contributed by atoms with Crippen molar-refractivity contribution in [2.75, 3.05) is 19.7 Å². The van der Waals surface area contributed by atoms with E-state index in [4.69, 9.17) is 9.72 Å². The highest BCUT2D eigenvalue weighted by Gasteiger charge is 2.27. The minimum absolute atomic E-state index is 0.110. The van der Waals surface area contributed by atoms with Crippen LogP contribution in [0.1, 0.15) is 34.1 Å². The van der Waals surface area contributed by atoms with Gasteiger partial charge in [0, 0.05) is 25.2 Å². The fraction of sp³-hybridized carbons (Fsp3) is 0.300. The number of para-hydroxylation sites is 1. The molecule has 3 heterocycles. The van der Waals surface area contributed by atoms with Crippen LogP contribution >= 0.6 is 11.3 Å². The number of esters is 1. The number of H-pyrrole nitrogens is 1. The number of hydrogen-bond donors (Lipinski definition) is 1. The van der Waals surface area contributed by atoms with Crippen LogP contribution in [0.2, 0.25) is 0 Å². The Morgan fingerprint density at radius 1 is 1.25 bits per heavy atom. The smallest absolute Gasteiger partial charge is 0.344 e. The van der Waals surface area contributed by atoms with Crippen LogP contribution in [0.25, 0.3) is 10.2 Å². The van der Waals surface area contributed by atoms with Crippen LogP contribution in [-0.4, -0.2) is 46.4 Å². The van der Waals surface area contributed by atoms with Gasteiger partial charge < -0.3 is 14.6 Å². The quantitative estimate of drug-likeness (QED) is 0.683. The number of benzene rings is 1. The van der Waals surface area contributed by atoms with Crippen molar-refractivity contribution >= 4 is 33.4 Å². The van der Waals surface area contributed by atoms with Crippen molar-refractivity contribution in [3.63, 3.8) is 0 Å². The van der Waals surface area contributed by atoms with Gasteiger partial charge in [-0.3, -0.25) is 9.59 Å². The number of fused-ring (bicyclic) bond motifs is 1. The first-order chi connectivity index (χ1) is 13.6. The zero-order valence-electron chi connectivity index (χ0n) is 15.1. The molecule has 1 N–H and O–H groups in total. The number of pyridine rings is 1. The molecule has 8 heteroatoms. The SMILES string of the molecule is O=C(OCC(=O)N1CCC[C@H](c2nc3ccccc3s2)C1)c1ccc[nH]c1=O. The average Bonchev–Trinajstić information content (AvgIpc) is 3.16. The summed E-state index contributed by atoms with van der Waals surface area (Å²) in [6.45, 7) is 0.811. The normalized spacial score (nSPS) is 16.9. The number of amides is 1. The van der Waals surface area contributed by atoms with Crippen LogP contribution in [0.3, 0.4) is 0 Å². The number of hydrogen-bond acceptors (Lipinski definition) is 6. The number of aromatic amines is 1. The Morgan fingerprint density at radius 3 is 2.93 bits per heavy atom. The van der Waals surface area contributed by atoms with E-state index in [0.29, 0.717) is 13.1 Å². The number of aromatic nitrogens is 2. The fourth-order valence-electron chi connectivity index (χ4n) is 3.35. The molecule has 0 radical (unpaired) electrons. The number of carbonyl (C=O) groups is 2. The van der Waals surface area contributed by atoms with Crippen molar-refractivity contribution in [3.8, 4) is 0 Å². The van der Waals surface area contributed by atoms with Crippen molar-refractivity contribution in [1.29, 1.82) is 0 Å². The molecule has 4 rings (SSSR count). The Hall–Kier alpha value is -3.00. The first-order valence-corrected chi connectivity index (χ1v) is 9.91. The molecule has 1 atom stereocenters. The molecule has 0 bridgehead atoms. The molecular weight excluding hydrogens is 378 g/mol. The van der Waals surface area contributed by atoms with E-state index in [0.717, 1.165) is 28.1 Å². The van der Waals surface area contributed by atoms with E-state index >= 15 is 0 Å². The number of rotatable bonds is 4. The highest BCUT2D eigenvalue weighted by Crippen LogP contribution is 2.32. The summed E-state index contributed by atoms with van der Waals surface area (Å²) >= 11 is 1.66. The Labute approximate surface area is 165 Å². The van der Waals surface area contributed by atoms with E-state index in [9.17, 15) is 14.4 Å². The molecule has 2 aromatic heterocycles. The second kappa shape index (κ2) is 7.93. The molecule has 1 aromatic carbocycles.